The average molecular weight is 850 g/mol. The van der Waals surface area contributed by atoms with Crippen LogP contribution in [0.4, 0.5) is 0 Å². The van der Waals surface area contributed by atoms with Gasteiger partial charge in [-0.15, -0.1) is 47.3 Å². The van der Waals surface area contributed by atoms with Crippen LogP contribution in [0.2, 0.25) is 0 Å². The first-order chi connectivity index (χ1) is 25.2. The van der Waals surface area contributed by atoms with Gasteiger partial charge in [-0.1, -0.05) is 134 Å². The zero-order valence-electron chi connectivity index (χ0n) is 30.4. The number of rotatable bonds is 3. The smallest absolute Gasteiger partial charge is 0.121 e. The van der Waals surface area contributed by atoms with Gasteiger partial charge in [0.1, 0.15) is 5.58 Å². The van der Waals surface area contributed by atoms with Crippen LogP contribution in [0.3, 0.4) is 0 Å². The van der Waals surface area contributed by atoms with E-state index in [1.54, 1.807) is 12.4 Å². The summed E-state index contributed by atoms with van der Waals surface area (Å²) in [6.45, 7) is 8.36. The van der Waals surface area contributed by atoms with Gasteiger partial charge in [0.05, 0.1) is 5.58 Å². The Morgan fingerprint density at radius 3 is 2.29 bits per heavy atom. The van der Waals surface area contributed by atoms with E-state index < -0.39 is 5.89 Å². The summed E-state index contributed by atoms with van der Waals surface area (Å²) in [5, 5.41) is 7.12. The maximum absolute atomic E-state index is 8.22. The average Bonchev–Trinajstić information content (AvgIpc) is 3.65. The van der Waals surface area contributed by atoms with Crippen LogP contribution in [0.25, 0.3) is 77.1 Å². The van der Waals surface area contributed by atoms with Crippen molar-refractivity contribution in [3.05, 3.63) is 169 Å². The van der Waals surface area contributed by atoms with Crippen molar-refractivity contribution < 1.29 is 25.9 Å². The van der Waals surface area contributed by atoms with Gasteiger partial charge in [0.2, 0.25) is 0 Å². The first kappa shape index (κ1) is 32.5. The van der Waals surface area contributed by atoms with Crippen LogP contribution >= 0.6 is 0 Å². The van der Waals surface area contributed by atoms with E-state index in [0.717, 1.165) is 50.0 Å². The molecule has 0 N–H and O–H groups in total. The number of hydrogen-bond acceptors (Lipinski definition) is 3. The van der Waals surface area contributed by atoms with Crippen LogP contribution in [0, 0.1) is 12.1 Å². The maximum Gasteiger partial charge on any atom is 0.121 e. The fourth-order valence-corrected chi connectivity index (χ4v) is 7.62. The van der Waals surface area contributed by atoms with E-state index in [2.05, 4.69) is 121 Å². The minimum absolute atomic E-state index is 0. The fourth-order valence-electron chi connectivity index (χ4n) is 7.62. The summed E-state index contributed by atoms with van der Waals surface area (Å²) < 4.78 is 14.6. The number of aromatic nitrogens is 2. The molecule has 6 aromatic carbocycles. The summed E-state index contributed by atoms with van der Waals surface area (Å²) >= 11 is 0. The molecule has 0 aliphatic heterocycles. The molecule has 0 atom stereocenters. The van der Waals surface area contributed by atoms with E-state index in [1.807, 2.05) is 56.3 Å². The molecule has 4 heteroatoms. The Morgan fingerprint density at radius 2 is 1.44 bits per heavy atom. The molecule has 1 aliphatic rings. The quantitative estimate of drug-likeness (QED) is 0.131. The number of furan rings is 1. The van der Waals surface area contributed by atoms with Gasteiger partial charge in [-0.05, 0) is 69.2 Å². The van der Waals surface area contributed by atoms with E-state index in [1.165, 1.54) is 43.8 Å². The molecule has 10 rings (SSSR count). The molecule has 9 aromatic rings. The number of benzene rings is 6. The van der Waals surface area contributed by atoms with Crippen LogP contribution in [-0.2, 0) is 25.5 Å². The molecule has 1 aliphatic carbocycles. The molecule has 3 heterocycles. The third-order valence-corrected chi connectivity index (χ3v) is 10.3. The summed E-state index contributed by atoms with van der Waals surface area (Å²) in [6.07, 6.45) is 3.58. The van der Waals surface area contributed by atoms with Crippen LogP contribution in [0.5, 0.6) is 0 Å². The minimum atomic E-state index is -0.634. The Balaban J connectivity index is 0.000000150. The summed E-state index contributed by atoms with van der Waals surface area (Å²) in [4.78, 5) is 8.97. The molecule has 0 unspecified atom stereocenters. The van der Waals surface area contributed by atoms with Crippen LogP contribution in [-0.4, -0.2) is 9.97 Å². The first-order valence-corrected chi connectivity index (χ1v) is 17.4. The maximum atomic E-state index is 8.22. The van der Waals surface area contributed by atoms with Gasteiger partial charge in [0.25, 0.3) is 0 Å². The van der Waals surface area contributed by atoms with E-state index in [0.29, 0.717) is 0 Å². The third kappa shape index (κ3) is 5.64. The van der Waals surface area contributed by atoms with Gasteiger partial charge in [0.15, 0.2) is 0 Å². The zero-order valence-corrected chi connectivity index (χ0v) is 31.8. The van der Waals surface area contributed by atoms with Crippen LogP contribution < -0.4 is 0 Å². The second kappa shape index (κ2) is 13.3. The second-order valence-electron chi connectivity index (χ2n) is 14.0. The Hall–Kier alpha value is -5.41. The normalized spacial score (nSPS) is 13.3. The van der Waals surface area contributed by atoms with Crippen molar-refractivity contribution >= 4 is 43.5 Å². The second-order valence-corrected chi connectivity index (χ2v) is 14.0. The van der Waals surface area contributed by atoms with Gasteiger partial charge in [-0.25, -0.2) is 0 Å². The van der Waals surface area contributed by atoms with Crippen molar-refractivity contribution in [2.75, 3.05) is 0 Å². The van der Waals surface area contributed by atoms with Crippen molar-refractivity contribution in [2.24, 2.45) is 0 Å². The molecule has 52 heavy (non-hydrogen) atoms. The molecule has 0 saturated heterocycles. The number of fused-ring (bicyclic) bond motifs is 9. The van der Waals surface area contributed by atoms with E-state index in [-0.39, 0.29) is 25.5 Å². The molecule has 3 aromatic heterocycles. The summed E-state index contributed by atoms with van der Waals surface area (Å²) in [6, 6.07) is 50.7. The Labute approximate surface area is 319 Å². The van der Waals surface area contributed by atoms with Crippen LogP contribution in [0.15, 0.2) is 144 Å². The SMILES string of the molecule is CC1(C)c2ccccc2-c2cc3c(cc21)oc1c(-c2ccccn2)[c-]ccc13.[2H]C(C)(C)c1ccnc(-c2[c-]cc3c(ccc4ccccc43)c2)c1.[Ir]. The van der Waals surface area contributed by atoms with E-state index >= 15 is 0 Å². The zero-order chi connectivity index (χ0) is 35.6. The van der Waals surface area contributed by atoms with Gasteiger partial charge in [0, 0.05) is 44.7 Å². The minimum Gasteiger partial charge on any atom is -0.501 e. The predicted molar refractivity (Wildman–Crippen MR) is 211 cm³/mol. The molecule has 0 bridgehead atoms. The van der Waals surface area contributed by atoms with Gasteiger partial charge >= 0.3 is 0 Å². The number of hydrogen-bond donors (Lipinski definition) is 0. The number of nitrogens with zero attached hydrogens (tertiary/aromatic N) is 2. The molecule has 255 valence electrons. The molecule has 1 radical (unpaired) electrons. The van der Waals surface area contributed by atoms with Crippen molar-refractivity contribution in [1.82, 2.24) is 9.97 Å². The Morgan fingerprint density at radius 1 is 0.654 bits per heavy atom. The molecular weight excluding hydrogens is 813 g/mol. The topological polar surface area (TPSA) is 38.9 Å². The molecule has 0 saturated carbocycles. The summed E-state index contributed by atoms with van der Waals surface area (Å²) in [5.74, 6) is -0.634. The van der Waals surface area contributed by atoms with Crippen LogP contribution in [0.1, 0.15) is 51.7 Å². The summed E-state index contributed by atoms with van der Waals surface area (Å²) in [5.41, 5.74) is 11.7. The molecule has 0 spiro atoms. The Bertz CT molecular complexity index is 2820. The molecular formula is C48H36IrN2O-2. The first-order valence-electron chi connectivity index (χ1n) is 17.9. The fraction of sp³-hybridized carbons (Fsp3) is 0.125. The monoisotopic (exact) mass is 850 g/mol. The molecule has 3 nitrogen and oxygen atoms in total. The Kier molecular flexibility index (Phi) is 8.30. The standard InChI is InChI=1S/C26H18NO.C22H18N.Ir/c1-26(2)21-11-4-3-8-16(21)19-14-20-17-9-7-10-18(23-12-5-6-13-27-23)25(17)28-24(20)15-22(19)26;1-15(2)17-11-12-23-22(14-17)19-9-10-21-18(13-19)8-7-16-5-3-4-6-20(16)21;/h3-9,11-15H,1-2H3;3-8,10-15H,1-2H3;/q2*-1;/i;15D;. The van der Waals surface area contributed by atoms with Gasteiger partial charge in [-0.3, -0.25) is 0 Å². The largest absolute Gasteiger partial charge is 0.501 e. The molecule has 0 amide bonds. The van der Waals surface area contributed by atoms with Crippen molar-refractivity contribution in [1.29, 1.82) is 0 Å². The predicted octanol–water partition coefficient (Wildman–Crippen LogP) is 12.7. The van der Waals surface area contributed by atoms with E-state index in [4.69, 9.17) is 5.79 Å². The third-order valence-electron chi connectivity index (χ3n) is 10.3. The molecule has 0 fully saturated rings. The summed E-state index contributed by atoms with van der Waals surface area (Å²) in [7, 11) is 0. The van der Waals surface area contributed by atoms with Crippen molar-refractivity contribution in [3.63, 3.8) is 0 Å². The van der Waals surface area contributed by atoms with Crippen molar-refractivity contribution in [2.45, 2.75) is 39.0 Å². The van der Waals surface area contributed by atoms with E-state index in [9.17, 15) is 0 Å². The van der Waals surface area contributed by atoms with Crippen molar-refractivity contribution in [3.8, 4) is 33.6 Å². The van der Waals surface area contributed by atoms with Gasteiger partial charge in [-0.2, -0.15) is 0 Å². The van der Waals surface area contributed by atoms with Gasteiger partial charge < -0.3 is 14.4 Å². The number of pyridine rings is 2.